The van der Waals surface area contributed by atoms with Gasteiger partial charge < -0.3 is 15.2 Å². The molecule has 5 rings (SSSR count). The van der Waals surface area contributed by atoms with Crippen molar-refractivity contribution < 1.29 is 19.4 Å². The van der Waals surface area contributed by atoms with Gasteiger partial charge >= 0.3 is 5.97 Å². The molecule has 4 bridgehead atoms. The summed E-state index contributed by atoms with van der Waals surface area (Å²) in [6.07, 6.45) is 4.87. The molecule has 0 spiro atoms. The molecular formula is C21H27NO4S. The summed E-state index contributed by atoms with van der Waals surface area (Å²) in [7, 11) is 0. The van der Waals surface area contributed by atoms with E-state index in [1.54, 1.807) is 11.8 Å². The van der Waals surface area contributed by atoms with Gasteiger partial charge in [-0.3, -0.25) is 9.59 Å². The Morgan fingerprint density at radius 1 is 1.15 bits per heavy atom. The lowest BCUT2D eigenvalue weighted by atomic mass is 9.48. The zero-order valence-electron chi connectivity index (χ0n) is 15.5. The Balaban J connectivity index is 1.21. The van der Waals surface area contributed by atoms with Crippen LogP contribution in [0, 0.1) is 17.3 Å². The van der Waals surface area contributed by atoms with Crippen molar-refractivity contribution in [2.75, 3.05) is 18.9 Å². The number of amides is 1. The van der Waals surface area contributed by atoms with Crippen LogP contribution in [0.15, 0.2) is 35.2 Å². The average Bonchev–Trinajstić information content (AvgIpc) is 2.62. The van der Waals surface area contributed by atoms with Crippen molar-refractivity contribution in [3.8, 4) is 0 Å². The van der Waals surface area contributed by atoms with E-state index in [4.69, 9.17) is 4.74 Å². The zero-order valence-corrected chi connectivity index (χ0v) is 16.3. The van der Waals surface area contributed by atoms with Crippen LogP contribution in [0.1, 0.15) is 38.5 Å². The molecule has 1 aromatic carbocycles. The van der Waals surface area contributed by atoms with E-state index in [1.807, 2.05) is 30.3 Å². The van der Waals surface area contributed by atoms with Crippen molar-refractivity contribution in [2.45, 2.75) is 49.0 Å². The van der Waals surface area contributed by atoms with Crippen molar-refractivity contribution in [2.24, 2.45) is 17.3 Å². The molecule has 6 heteroatoms. The van der Waals surface area contributed by atoms with Gasteiger partial charge in [0.2, 0.25) is 0 Å². The van der Waals surface area contributed by atoms with Crippen LogP contribution in [0.2, 0.25) is 0 Å². The molecule has 4 atom stereocenters. The molecule has 4 aliphatic carbocycles. The van der Waals surface area contributed by atoms with Crippen LogP contribution in [0.5, 0.6) is 0 Å². The number of aliphatic hydroxyl groups is 1. The standard InChI is InChI=1S/C21H27NO4S/c23-18(22-6-7-27-17-4-2-1-3-5-17)13-26-19(24)20-9-15-8-16(10-20)12-21(25,11-15)14-20/h1-5,15-16,25H,6-14H2,(H,22,23)/t15-,16+,20?,21?. The summed E-state index contributed by atoms with van der Waals surface area (Å²) in [4.78, 5) is 25.9. The predicted octanol–water partition coefficient (Wildman–Crippen LogP) is 2.77. The zero-order chi connectivity index (χ0) is 18.9. The molecule has 4 saturated carbocycles. The SMILES string of the molecule is O=C(COC(=O)C12C[C@@H]3C[C@@H](CC(O)(C3)C1)C2)NCCSc1ccccc1. The van der Waals surface area contributed by atoms with Gasteiger partial charge in [-0.05, 0) is 62.5 Å². The number of benzene rings is 1. The van der Waals surface area contributed by atoms with E-state index in [2.05, 4.69) is 5.32 Å². The third kappa shape index (κ3) is 4.16. The lowest BCUT2D eigenvalue weighted by Gasteiger charge is -2.58. The molecule has 0 radical (unpaired) electrons. The number of carbonyl (C=O) groups excluding carboxylic acids is 2. The normalized spacial score (nSPS) is 33.7. The van der Waals surface area contributed by atoms with Gasteiger partial charge in [0, 0.05) is 17.2 Å². The Morgan fingerprint density at radius 3 is 2.52 bits per heavy atom. The van der Waals surface area contributed by atoms with Crippen LogP contribution in [-0.4, -0.2) is 41.5 Å². The number of carbonyl (C=O) groups is 2. The molecule has 146 valence electrons. The fraction of sp³-hybridized carbons (Fsp3) is 0.619. The maximum absolute atomic E-state index is 12.7. The molecule has 5 nitrogen and oxygen atoms in total. The average molecular weight is 390 g/mol. The summed E-state index contributed by atoms with van der Waals surface area (Å²) >= 11 is 1.67. The summed E-state index contributed by atoms with van der Waals surface area (Å²) < 4.78 is 5.38. The monoisotopic (exact) mass is 389 g/mol. The number of hydrogen-bond acceptors (Lipinski definition) is 5. The molecule has 2 unspecified atom stereocenters. The fourth-order valence-corrected chi connectivity index (χ4v) is 6.45. The number of esters is 1. The third-order valence-electron chi connectivity index (χ3n) is 6.23. The fourth-order valence-electron chi connectivity index (χ4n) is 5.66. The second kappa shape index (κ2) is 7.47. The second-order valence-corrected chi connectivity index (χ2v) is 9.72. The van der Waals surface area contributed by atoms with Gasteiger partial charge in [0.1, 0.15) is 0 Å². The van der Waals surface area contributed by atoms with Gasteiger partial charge in [-0.15, -0.1) is 11.8 Å². The Bertz CT molecular complexity index is 693. The minimum absolute atomic E-state index is 0.232. The summed E-state index contributed by atoms with van der Waals surface area (Å²) in [5.41, 5.74) is -1.26. The van der Waals surface area contributed by atoms with Crippen LogP contribution in [0.25, 0.3) is 0 Å². The Labute approximate surface area is 164 Å². The first-order valence-corrected chi connectivity index (χ1v) is 10.8. The van der Waals surface area contributed by atoms with Gasteiger partial charge in [0.25, 0.3) is 5.91 Å². The molecule has 27 heavy (non-hydrogen) atoms. The first-order chi connectivity index (χ1) is 13.0. The van der Waals surface area contributed by atoms with Crippen molar-refractivity contribution in [3.63, 3.8) is 0 Å². The van der Waals surface area contributed by atoms with E-state index < -0.39 is 11.0 Å². The molecular weight excluding hydrogens is 362 g/mol. The predicted molar refractivity (Wildman–Crippen MR) is 103 cm³/mol. The van der Waals surface area contributed by atoms with Gasteiger partial charge in [-0.2, -0.15) is 0 Å². The first kappa shape index (κ1) is 18.8. The Morgan fingerprint density at radius 2 is 1.85 bits per heavy atom. The number of rotatable bonds is 7. The summed E-state index contributed by atoms with van der Waals surface area (Å²) in [5.74, 6) is 1.06. The van der Waals surface area contributed by atoms with E-state index in [0.717, 1.165) is 42.8 Å². The van der Waals surface area contributed by atoms with E-state index in [-0.39, 0.29) is 18.5 Å². The number of thioether (sulfide) groups is 1. The summed E-state index contributed by atoms with van der Waals surface area (Å²) in [6, 6.07) is 10.0. The van der Waals surface area contributed by atoms with Gasteiger partial charge in [0.15, 0.2) is 6.61 Å². The molecule has 1 amide bonds. The topological polar surface area (TPSA) is 75.6 Å². The van der Waals surface area contributed by atoms with Crippen LogP contribution >= 0.6 is 11.8 Å². The van der Waals surface area contributed by atoms with E-state index in [0.29, 0.717) is 24.8 Å². The lowest BCUT2D eigenvalue weighted by Crippen LogP contribution is -2.58. The smallest absolute Gasteiger partial charge is 0.312 e. The van der Waals surface area contributed by atoms with Crippen LogP contribution < -0.4 is 5.32 Å². The molecule has 0 aliphatic heterocycles. The van der Waals surface area contributed by atoms with E-state index in [1.165, 1.54) is 0 Å². The van der Waals surface area contributed by atoms with E-state index in [9.17, 15) is 14.7 Å². The summed E-state index contributed by atoms with van der Waals surface area (Å²) in [5, 5.41) is 13.5. The molecule has 0 heterocycles. The van der Waals surface area contributed by atoms with Gasteiger partial charge in [-0.1, -0.05) is 18.2 Å². The number of nitrogens with one attached hydrogen (secondary N) is 1. The number of ether oxygens (including phenoxy) is 1. The van der Waals surface area contributed by atoms with Crippen molar-refractivity contribution in [1.29, 1.82) is 0 Å². The Hall–Kier alpha value is -1.53. The first-order valence-electron chi connectivity index (χ1n) is 9.81. The highest BCUT2D eigenvalue weighted by Crippen LogP contribution is 2.61. The van der Waals surface area contributed by atoms with Crippen LogP contribution in [0.3, 0.4) is 0 Å². The van der Waals surface area contributed by atoms with Crippen LogP contribution in [0.4, 0.5) is 0 Å². The van der Waals surface area contributed by atoms with Gasteiger partial charge in [0.05, 0.1) is 11.0 Å². The molecule has 0 aromatic heterocycles. The molecule has 2 N–H and O–H groups in total. The minimum atomic E-state index is -0.694. The van der Waals surface area contributed by atoms with Crippen molar-refractivity contribution in [3.05, 3.63) is 30.3 Å². The third-order valence-corrected chi connectivity index (χ3v) is 7.25. The number of hydrogen-bond donors (Lipinski definition) is 2. The van der Waals surface area contributed by atoms with E-state index >= 15 is 0 Å². The minimum Gasteiger partial charge on any atom is -0.455 e. The largest absolute Gasteiger partial charge is 0.455 e. The molecule has 1 aromatic rings. The second-order valence-electron chi connectivity index (χ2n) is 8.55. The molecule has 0 saturated heterocycles. The highest BCUT2D eigenvalue weighted by Gasteiger charge is 2.60. The van der Waals surface area contributed by atoms with Gasteiger partial charge in [-0.25, -0.2) is 0 Å². The van der Waals surface area contributed by atoms with Crippen LogP contribution in [-0.2, 0) is 14.3 Å². The lowest BCUT2D eigenvalue weighted by molar-refractivity contribution is -0.196. The summed E-state index contributed by atoms with van der Waals surface area (Å²) in [6.45, 7) is 0.301. The maximum Gasteiger partial charge on any atom is 0.312 e. The Kier molecular flexibility index (Phi) is 5.21. The quantitative estimate of drug-likeness (QED) is 0.426. The highest BCUT2D eigenvalue weighted by molar-refractivity contribution is 7.99. The van der Waals surface area contributed by atoms with Crippen molar-refractivity contribution in [1.82, 2.24) is 5.32 Å². The molecule has 4 fully saturated rings. The molecule has 4 aliphatic rings. The van der Waals surface area contributed by atoms with Crippen molar-refractivity contribution >= 4 is 23.6 Å². The highest BCUT2D eigenvalue weighted by atomic mass is 32.2. The maximum atomic E-state index is 12.7.